The number of fused-ring (bicyclic) bond motifs is 1. The quantitative estimate of drug-likeness (QED) is 0.418. The molecule has 31 heavy (non-hydrogen) atoms. The summed E-state index contributed by atoms with van der Waals surface area (Å²) in [6.07, 6.45) is 10.0. The third kappa shape index (κ3) is 3.93. The average molecular weight is 436 g/mol. The van der Waals surface area contributed by atoms with Gasteiger partial charge in [0.2, 0.25) is 0 Å². The minimum atomic E-state index is -0.279. The van der Waals surface area contributed by atoms with Crippen molar-refractivity contribution in [2.24, 2.45) is 0 Å². The molecule has 0 radical (unpaired) electrons. The Kier molecular flexibility index (Phi) is 5.19. The number of pyridine rings is 1. The molecule has 0 aromatic carbocycles. The van der Waals surface area contributed by atoms with Crippen molar-refractivity contribution < 1.29 is 4.79 Å². The van der Waals surface area contributed by atoms with Crippen LogP contribution in [-0.4, -0.2) is 36.5 Å². The van der Waals surface area contributed by atoms with Gasteiger partial charge in [0, 0.05) is 17.1 Å². The van der Waals surface area contributed by atoms with E-state index in [0.717, 1.165) is 34.7 Å². The van der Waals surface area contributed by atoms with Crippen molar-refractivity contribution in [3.8, 4) is 10.6 Å². The van der Waals surface area contributed by atoms with Gasteiger partial charge in [-0.2, -0.15) is 0 Å². The van der Waals surface area contributed by atoms with Gasteiger partial charge in [-0.1, -0.05) is 12.8 Å². The first-order valence-corrected chi connectivity index (χ1v) is 11.4. The standard InChI is InChI=1S/C22H25N7OS/c1-13-7-8-19(31-13)18-10-23-21-17(27-16-5-3-4-6-16)9-15(11-29(18)21)22(30)26-14(2)20-24-12-25-28-20/h7-12,14,16,27H,3-6H2,1-2H3,(H,26,30)(H,24,25,28)/t14-/m0/s1. The van der Waals surface area contributed by atoms with Crippen LogP contribution in [0.1, 0.15) is 59.7 Å². The maximum absolute atomic E-state index is 13.1. The number of hydrogen-bond donors (Lipinski definition) is 3. The smallest absolute Gasteiger partial charge is 0.253 e. The van der Waals surface area contributed by atoms with Gasteiger partial charge in [-0.15, -0.1) is 21.5 Å². The molecule has 0 aliphatic heterocycles. The number of nitrogens with zero attached hydrogens (tertiary/aromatic N) is 4. The maximum atomic E-state index is 13.1. The van der Waals surface area contributed by atoms with Crippen LogP contribution in [0.15, 0.2) is 36.9 Å². The van der Waals surface area contributed by atoms with Crippen LogP contribution in [0.25, 0.3) is 16.2 Å². The van der Waals surface area contributed by atoms with Crippen LogP contribution in [0.5, 0.6) is 0 Å². The number of aromatic amines is 1. The molecule has 0 unspecified atom stereocenters. The lowest BCUT2D eigenvalue weighted by molar-refractivity contribution is 0.0938. The first kappa shape index (κ1) is 19.7. The van der Waals surface area contributed by atoms with E-state index in [2.05, 4.69) is 44.9 Å². The molecule has 0 saturated heterocycles. The fraction of sp³-hybridized carbons (Fsp3) is 0.364. The third-order valence-electron chi connectivity index (χ3n) is 5.77. The molecule has 1 amide bonds. The summed E-state index contributed by atoms with van der Waals surface area (Å²) in [4.78, 5) is 23.1. The second kappa shape index (κ2) is 8.14. The molecule has 4 heterocycles. The van der Waals surface area contributed by atoms with Crippen LogP contribution < -0.4 is 10.6 Å². The lowest BCUT2D eigenvalue weighted by Gasteiger charge is -2.17. The number of nitrogens with one attached hydrogen (secondary N) is 3. The van der Waals surface area contributed by atoms with E-state index in [1.165, 1.54) is 24.0 Å². The first-order chi connectivity index (χ1) is 15.1. The lowest BCUT2D eigenvalue weighted by atomic mass is 10.2. The SMILES string of the molecule is Cc1ccc(-c2cnc3c(NC4CCCC4)cc(C(=O)N[C@@H](C)c4nnc[nH]4)cn23)s1. The molecule has 1 saturated carbocycles. The Bertz CT molecular complexity index is 1200. The number of carbonyl (C=O) groups is 1. The molecule has 1 fully saturated rings. The highest BCUT2D eigenvalue weighted by atomic mass is 32.1. The monoisotopic (exact) mass is 435 g/mol. The Morgan fingerprint density at radius 2 is 2.16 bits per heavy atom. The van der Waals surface area contributed by atoms with Gasteiger partial charge in [-0.3, -0.25) is 9.20 Å². The Morgan fingerprint density at radius 3 is 2.87 bits per heavy atom. The van der Waals surface area contributed by atoms with Crippen molar-refractivity contribution in [1.82, 2.24) is 29.9 Å². The van der Waals surface area contributed by atoms with Gasteiger partial charge in [-0.25, -0.2) is 4.98 Å². The predicted octanol–water partition coefficient (Wildman–Crippen LogP) is 4.33. The van der Waals surface area contributed by atoms with Gasteiger partial charge < -0.3 is 15.6 Å². The largest absolute Gasteiger partial charge is 0.379 e. The summed E-state index contributed by atoms with van der Waals surface area (Å²) in [5.41, 5.74) is 3.30. The Labute approximate surface area is 184 Å². The van der Waals surface area contributed by atoms with E-state index in [4.69, 9.17) is 4.98 Å². The Hall–Kier alpha value is -3.20. The fourth-order valence-corrected chi connectivity index (χ4v) is 5.01. The number of aromatic nitrogens is 5. The van der Waals surface area contributed by atoms with Crippen LogP contribution in [0.3, 0.4) is 0 Å². The summed E-state index contributed by atoms with van der Waals surface area (Å²) in [6.45, 7) is 3.97. The highest BCUT2D eigenvalue weighted by Gasteiger charge is 2.21. The predicted molar refractivity (Wildman–Crippen MR) is 121 cm³/mol. The summed E-state index contributed by atoms with van der Waals surface area (Å²) in [5.74, 6) is 0.457. The molecule has 9 heteroatoms. The van der Waals surface area contributed by atoms with E-state index in [1.807, 2.05) is 29.8 Å². The minimum Gasteiger partial charge on any atom is -0.379 e. The molecule has 160 valence electrons. The molecule has 1 atom stereocenters. The molecular formula is C22H25N7OS. The minimum absolute atomic E-state index is 0.165. The number of anilines is 1. The molecule has 0 bridgehead atoms. The second-order valence-corrected chi connectivity index (χ2v) is 9.37. The fourth-order valence-electron chi connectivity index (χ4n) is 4.14. The number of rotatable bonds is 6. The molecule has 1 aliphatic carbocycles. The zero-order valence-electron chi connectivity index (χ0n) is 17.6. The molecule has 8 nitrogen and oxygen atoms in total. The molecule has 3 N–H and O–H groups in total. The van der Waals surface area contributed by atoms with Gasteiger partial charge in [-0.05, 0) is 44.9 Å². The Balaban J connectivity index is 1.54. The summed E-state index contributed by atoms with van der Waals surface area (Å²) < 4.78 is 2.02. The molecule has 4 aromatic heterocycles. The van der Waals surface area contributed by atoms with Crippen LogP contribution in [0.2, 0.25) is 0 Å². The van der Waals surface area contributed by atoms with E-state index in [-0.39, 0.29) is 11.9 Å². The summed E-state index contributed by atoms with van der Waals surface area (Å²) >= 11 is 1.72. The zero-order chi connectivity index (χ0) is 21.4. The van der Waals surface area contributed by atoms with Crippen LogP contribution in [-0.2, 0) is 0 Å². The van der Waals surface area contributed by atoms with E-state index in [9.17, 15) is 4.79 Å². The highest BCUT2D eigenvalue weighted by molar-refractivity contribution is 7.15. The van der Waals surface area contributed by atoms with Gasteiger partial charge in [0.15, 0.2) is 11.5 Å². The normalized spacial score (nSPS) is 15.4. The number of H-pyrrole nitrogens is 1. The van der Waals surface area contributed by atoms with E-state index >= 15 is 0 Å². The number of carbonyl (C=O) groups excluding carboxylic acids is 1. The van der Waals surface area contributed by atoms with Gasteiger partial charge in [0.25, 0.3) is 5.91 Å². The summed E-state index contributed by atoms with van der Waals surface area (Å²) in [6, 6.07) is 6.25. The average Bonchev–Trinajstić information content (AvgIpc) is 3.54. The van der Waals surface area contributed by atoms with Gasteiger partial charge in [0.05, 0.1) is 34.1 Å². The topological polar surface area (TPSA) is 100 Å². The molecule has 0 spiro atoms. The zero-order valence-corrected chi connectivity index (χ0v) is 18.4. The van der Waals surface area contributed by atoms with Crippen LogP contribution >= 0.6 is 11.3 Å². The van der Waals surface area contributed by atoms with Crippen molar-refractivity contribution in [3.63, 3.8) is 0 Å². The number of imidazole rings is 1. The number of amides is 1. The van der Waals surface area contributed by atoms with Crippen molar-refractivity contribution >= 4 is 28.6 Å². The van der Waals surface area contributed by atoms with E-state index < -0.39 is 0 Å². The van der Waals surface area contributed by atoms with Gasteiger partial charge >= 0.3 is 0 Å². The van der Waals surface area contributed by atoms with Crippen LogP contribution in [0, 0.1) is 6.92 Å². The lowest BCUT2D eigenvalue weighted by Crippen LogP contribution is -2.28. The number of aryl methyl sites for hydroxylation is 1. The molecule has 4 aromatic rings. The van der Waals surface area contributed by atoms with Crippen molar-refractivity contribution in [1.29, 1.82) is 0 Å². The summed E-state index contributed by atoms with van der Waals surface area (Å²) in [5, 5.41) is 14.4. The molecular weight excluding hydrogens is 410 g/mol. The van der Waals surface area contributed by atoms with E-state index in [1.54, 1.807) is 11.3 Å². The third-order valence-corrected chi connectivity index (χ3v) is 6.79. The van der Waals surface area contributed by atoms with Crippen molar-refractivity contribution in [3.05, 3.63) is 53.2 Å². The van der Waals surface area contributed by atoms with Crippen molar-refractivity contribution in [2.45, 2.75) is 51.6 Å². The van der Waals surface area contributed by atoms with E-state index in [0.29, 0.717) is 17.4 Å². The molecule has 5 rings (SSSR count). The number of hydrogen-bond acceptors (Lipinski definition) is 6. The summed E-state index contributed by atoms with van der Waals surface area (Å²) in [7, 11) is 0. The maximum Gasteiger partial charge on any atom is 0.253 e. The van der Waals surface area contributed by atoms with Crippen molar-refractivity contribution in [2.75, 3.05) is 5.32 Å². The first-order valence-electron chi connectivity index (χ1n) is 10.6. The van der Waals surface area contributed by atoms with Crippen LogP contribution in [0.4, 0.5) is 5.69 Å². The van der Waals surface area contributed by atoms with Gasteiger partial charge in [0.1, 0.15) is 6.33 Å². The highest BCUT2D eigenvalue weighted by Crippen LogP contribution is 2.32. The molecule has 1 aliphatic rings. The Morgan fingerprint density at radius 1 is 1.32 bits per heavy atom. The second-order valence-electron chi connectivity index (χ2n) is 8.08. The number of thiophene rings is 1.